The Balaban J connectivity index is 1.97. The standard InChI is InChI=1S/C14H15ClN4O4S/c1-10-7-11(19(20)21)8-13(15)14(10)17-5-6-18-24(22,23)12-3-2-4-16-9-12/h2-4,7-9,17-18H,5-6H2,1H3. The molecule has 0 aliphatic carbocycles. The van der Waals surface area contributed by atoms with Gasteiger partial charge >= 0.3 is 0 Å². The van der Waals surface area contributed by atoms with Crippen LogP contribution in [0.15, 0.2) is 41.6 Å². The van der Waals surface area contributed by atoms with Crippen LogP contribution in [-0.2, 0) is 10.0 Å². The molecule has 0 aliphatic heterocycles. The van der Waals surface area contributed by atoms with Crippen molar-refractivity contribution in [3.8, 4) is 0 Å². The summed E-state index contributed by atoms with van der Waals surface area (Å²) in [5.74, 6) is 0. The first-order valence-corrected chi connectivity index (χ1v) is 8.75. The lowest BCUT2D eigenvalue weighted by atomic mass is 10.2. The summed E-state index contributed by atoms with van der Waals surface area (Å²) < 4.78 is 26.5. The molecule has 1 heterocycles. The molecule has 2 N–H and O–H groups in total. The lowest BCUT2D eigenvalue weighted by molar-refractivity contribution is -0.384. The van der Waals surface area contributed by atoms with Crippen LogP contribution < -0.4 is 10.0 Å². The van der Waals surface area contributed by atoms with Gasteiger partial charge in [0, 0.05) is 37.6 Å². The zero-order chi connectivity index (χ0) is 17.7. The van der Waals surface area contributed by atoms with E-state index in [1.807, 2.05) is 0 Å². The van der Waals surface area contributed by atoms with Crippen molar-refractivity contribution >= 4 is 33.0 Å². The third-order valence-electron chi connectivity index (χ3n) is 3.15. The van der Waals surface area contributed by atoms with Crippen molar-refractivity contribution < 1.29 is 13.3 Å². The second-order valence-corrected chi connectivity index (χ2v) is 7.06. The first-order valence-electron chi connectivity index (χ1n) is 6.89. The van der Waals surface area contributed by atoms with Crippen LogP contribution in [0.3, 0.4) is 0 Å². The van der Waals surface area contributed by atoms with E-state index in [1.165, 1.54) is 36.7 Å². The van der Waals surface area contributed by atoms with Gasteiger partial charge in [0.25, 0.3) is 5.69 Å². The van der Waals surface area contributed by atoms with Gasteiger partial charge in [-0.15, -0.1) is 0 Å². The van der Waals surface area contributed by atoms with Crippen LogP contribution in [0.5, 0.6) is 0 Å². The maximum absolute atomic E-state index is 12.0. The molecular formula is C14H15ClN4O4S. The number of sulfonamides is 1. The summed E-state index contributed by atoms with van der Waals surface area (Å²) in [5.41, 5.74) is 1.03. The second kappa shape index (κ2) is 7.56. The lowest BCUT2D eigenvalue weighted by Crippen LogP contribution is -2.29. The SMILES string of the molecule is Cc1cc([N+](=O)[O-])cc(Cl)c1NCCNS(=O)(=O)c1cccnc1. The van der Waals surface area contributed by atoms with Crippen LogP contribution in [0.1, 0.15) is 5.56 Å². The van der Waals surface area contributed by atoms with Crippen molar-refractivity contribution in [1.82, 2.24) is 9.71 Å². The zero-order valence-electron chi connectivity index (χ0n) is 12.7. The molecule has 8 nitrogen and oxygen atoms in total. The molecule has 1 aromatic heterocycles. The zero-order valence-corrected chi connectivity index (χ0v) is 14.3. The quantitative estimate of drug-likeness (QED) is 0.439. The number of nitro benzene ring substituents is 1. The normalized spacial score (nSPS) is 11.2. The lowest BCUT2D eigenvalue weighted by Gasteiger charge is -2.12. The summed E-state index contributed by atoms with van der Waals surface area (Å²) >= 11 is 6.03. The molecule has 2 rings (SSSR count). The molecule has 0 amide bonds. The summed E-state index contributed by atoms with van der Waals surface area (Å²) in [5, 5.41) is 13.9. The summed E-state index contributed by atoms with van der Waals surface area (Å²) in [6, 6.07) is 5.62. The molecule has 2 aromatic rings. The van der Waals surface area contributed by atoms with Crippen molar-refractivity contribution in [3.05, 3.63) is 57.4 Å². The minimum atomic E-state index is -3.63. The van der Waals surface area contributed by atoms with E-state index in [9.17, 15) is 18.5 Å². The summed E-state index contributed by atoms with van der Waals surface area (Å²) in [4.78, 5) is 14.1. The molecule has 1 aromatic carbocycles. The number of nitro groups is 1. The molecule has 0 aliphatic rings. The number of non-ortho nitro benzene ring substituents is 1. The van der Waals surface area contributed by atoms with Crippen LogP contribution in [0.4, 0.5) is 11.4 Å². The van der Waals surface area contributed by atoms with Crippen molar-refractivity contribution in [2.24, 2.45) is 0 Å². The molecule has 0 radical (unpaired) electrons. The van der Waals surface area contributed by atoms with Gasteiger partial charge in [0.15, 0.2) is 0 Å². The molecule has 0 unspecified atom stereocenters. The highest BCUT2D eigenvalue weighted by Crippen LogP contribution is 2.30. The van der Waals surface area contributed by atoms with Gasteiger partial charge in [0.1, 0.15) is 4.90 Å². The van der Waals surface area contributed by atoms with Gasteiger partial charge in [-0.25, -0.2) is 13.1 Å². The number of aromatic nitrogens is 1. The van der Waals surface area contributed by atoms with E-state index in [1.54, 1.807) is 6.92 Å². The first kappa shape index (κ1) is 18.1. The summed E-state index contributed by atoms with van der Waals surface area (Å²) in [6.07, 6.45) is 2.74. The molecular weight excluding hydrogens is 356 g/mol. The second-order valence-electron chi connectivity index (χ2n) is 4.89. The van der Waals surface area contributed by atoms with E-state index in [4.69, 9.17) is 11.6 Å². The monoisotopic (exact) mass is 370 g/mol. The van der Waals surface area contributed by atoms with Gasteiger partial charge in [-0.2, -0.15) is 0 Å². The van der Waals surface area contributed by atoms with E-state index in [0.29, 0.717) is 11.3 Å². The molecule has 0 fully saturated rings. The topological polar surface area (TPSA) is 114 Å². The van der Waals surface area contributed by atoms with Gasteiger partial charge < -0.3 is 5.32 Å². The number of halogens is 1. The Kier molecular flexibility index (Phi) is 5.71. The molecule has 0 saturated heterocycles. The van der Waals surface area contributed by atoms with Crippen LogP contribution in [0.25, 0.3) is 0 Å². The number of nitrogens with one attached hydrogen (secondary N) is 2. The van der Waals surface area contributed by atoms with Gasteiger partial charge in [-0.05, 0) is 24.6 Å². The fourth-order valence-electron chi connectivity index (χ4n) is 2.02. The Morgan fingerprint density at radius 3 is 2.67 bits per heavy atom. The van der Waals surface area contributed by atoms with E-state index in [2.05, 4.69) is 15.0 Å². The van der Waals surface area contributed by atoms with E-state index in [0.717, 1.165) is 0 Å². The smallest absolute Gasteiger partial charge is 0.271 e. The van der Waals surface area contributed by atoms with Crippen LogP contribution in [0, 0.1) is 17.0 Å². The number of hydrogen-bond donors (Lipinski definition) is 2. The predicted molar refractivity (Wildman–Crippen MR) is 90.8 cm³/mol. The van der Waals surface area contributed by atoms with Crippen molar-refractivity contribution in [2.75, 3.05) is 18.4 Å². The molecule has 24 heavy (non-hydrogen) atoms. The number of aryl methyl sites for hydroxylation is 1. The molecule has 0 bridgehead atoms. The summed E-state index contributed by atoms with van der Waals surface area (Å²) in [6.45, 7) is 2.06. The number of benzene rings is 1. The van der Waals surface area contributed by atoms with Gasteiger partial charge in [0.05, 0.1) is 15.6 Å². The largest absolute Gasteiger partial charge is 0.382 e. The van der Waals surface area contributed by atoms with Crippen molar-refractivity contribution in [1.29, 1.82) is 0 Å². The highest BCUT2D eigenvalue weighted by Gasteiger charge is 2.15. The maximum atomic E-state index is 12.0. The Bertz CT molecular complexity index is 820. The van der Waals surface area contributed by atoms with Crippen LogP contribution in [0.2, 0.25) is 5.02 Å². The molecule has 10 heteroatoms. The minimum Gasteiger partial charge on any atom is -0.382 e. The Labute approximate surface area is 144 Å². The first-order chi connectivity index (χ1) is 11.3. The fraction of sp³-hybridized carbons (Fsp3) is 0.214. The fourth-order valence-corrected chi connectivity index (χ4v) is 3.34. The molecule has 128 valence electrons. The number of nitrogens with zero attached hydrogens (tertiary/aromatic N) is 2. The molecule has 0 saturated carbocycles. The number of pyridine rings is 1. The predicted octanol–water partition coefficient (Wildman–Crippen LogP) is 2.34. The number of anilines is 1. The van der Waals surface area contributed by atoms with Crippen molar-refractivity contribution in [2.45, 2.75) is 11.8 Å². The average molecular weight is 371 g/mol. The van der Waals surface area contributed by atoms with Crippen molar-refractivity contribution in [3.63, 3.8) is 0 Å². The van der Waals surface area contributed by atoms with E-state index >= 15 is 0 Å². The van der Waals surface area contributed by atoms with E-state index in [-0.39, 0.29) is 28.7 Å². The third kappa shape index (κ3) is 4.40. The minimum absolute atomic E-state index is 0.0783. The number of rotatable bonds is 7. The summed E-state index contributed by atoms with van der Waals surface area (Å²) in [7, 11) is -3.63. The molecule has 0 atom stereocenters. The third-order valence-corrected chi connectivity index (χ3v) is 4.89. The van der Waals surface area contributed by atoms with Crippen LogP contribution >= 0.6 is 11.6 Å². The Morgan fingerprint density at radius 2 is 2.08 bits per heavy atom. The highest BCUT2D eigenvalue weighted by molar-refractivity contribution is 7.89. The van der Waals surface area contributed by atoms with E-state index < -0.39 is 14.9 Å². The Hall–Kier alpha value is -2.23. The number of hydrogen-bond acceptors (Lipinski definition) is 6. The molecule has 0 spiro atoms. The maximum Gasteiger partial charge on any atom is 0.271 e. The van der Waals surface area contributed by atoms with Gasteiger partial charge in [-0.1, -0.05) is 11.6 Å². The van der Waals surface area contributed by atoms with Crippen LogP contribution in [-0.4, -0.2) is 31.4 Å². The van der Waals surface area contributed by atoms with Gasteiger partial charge in [0.2, 0.25) is 10.0 Å². The Morgan fingerprint density at radius 1 is 1.33 bits per heavy atom. The average Bonchev–Trinajstić information content (AvgIpc) is 2.54. The highest BCUT2D eigenvalue weighted by atomic mass is 35.5. The van der Waals surface area contributed by atoms with Gasteiger partial charge in [-0.3, -0.25) is 15.1 Å².